The van der Waals surface area contributed by atoms with Crippen LogP contribution in [-0.4, -0.2) is 30.5 Å². The summed E-state index contributed by atoms with van der Waals surface area (Å²) in [5, 5.41) is 0. The summed E-state index contributed by atoms with van der Waals surface area (Å²) in [5.74, 6) is 1.53. The summed E-state index contributed by atoms with van der Waals surface area (Å²) in [6.45, 7) is 0. The first-order valence-electron chi connectivity index (χ1n) is 2.40. The Hall–Kier alpha value is 1.22. The van der Waals surface area contributed by atoms with Crippen LogP contribution in [-0.2, 0) is 10.3 Å². The quantitative estimate of drug-likeness (QED) is 0.354. The van der Waals surface area contributed by atoms with Gasteiger partial charge in [-0.3, -0.25) is 4.55 Å². The Morgan fingerprint density at radius 2 is 2.10 bits per heavy atom. The van der Waals surface area contributed by atoms with Gasteiger partial charge in [0.2, 0.25) is 0 Å². The minimum atomic E-state index is -3.95. The van der Waals surface area contributed by atoms with Crippen molar-refractivity contribution in [2.24, 2.45) is 0 Å². The van der Waals surface area contributed by atoms with Crippen molar-refractivity contribution in [3.05, 3.63) is 0 Å². The summed E-state index contributed by atoms with van der Waals surface area (Å²) in [7, 11) is -3.95. The van der Waals surface area contributed by atoms with Gasteiger partial charge in [-0.15, -0.1) is 0 Å². The molecular formula is C3H8NNaO3S2. The fraction of sp³-hybridized carbons (Fsp3) is 1.00. The average Bonchev–Trinajstić information content (AvgIpc) is 1.53. The summed E-state index contributed by atoms with van der Waals surface area (Å²) in [4.78, 5) is 0. The summed E-state index contributed by atoms with van der Waals surface area (Å²) in [6.07, 6.45) is 0. The first kappa shape index (κ1) is 11.2. The monoisotopic (exact) mass is 193 g/mol. The van der Waals surface area contributed by atoms with Gasteiger partial charge in [-0.25, -0.2) is 0 Å². The van der Waals surface area contributed by atoms with Crippen LogP contribution in [0.3, 0.4) is 0 Å². The molecule has 0 atom stereocenters. The molecule has 0 saturated carbocycles. The van der Waals surface area contributed by atoms with E-state index in [1.165, 1.54) is 0 Å². The van der Waals surface area contributed by atoms with Gasteiger partial charge >= 0.3 is 39.9 Å². The topological polar surface area (TPSA) is 66.4 Å². The molecule has 10 heavy (non-hydrogen) atoms. The van der Waals surface area contributed by atoms with Gasteiger partial charge in [-0.1, -0.05) is 0 Å². The van der Waals surface area contributed by atoms with Crippen molar-refractivity contribution in [2.45, 2.75) is 6.04 Å². The molecule has 56 valence electrons. The van der Waals surface area contributed by atoms with Crippen LogP contribution in [0.25, 0.3) is 0 Å². The second-order valence-corrected chi connectivity index (χ2v) is 4.09. The zero-order valence-electron chi connectivity index (χ0n) is 6.57. The van der Waals surface area contributed by atoms with Crippen LogP contribution in [0.1, 0.15) is 1.43 Å². The smallest absolute Gasteiger partial charge is 1.00 e. The molecule has 1 fully saturated rings. The van der Waals surface area contributed by atoms with Crippen LogP contribution in [0, 0.1) is 0 Å². The molecule has 0 aliphatic carbocycles. The fourth-order valence-electron chi connectivity index (χ4n) is 0.514. The van der Waals surface area contributed by atoms with Crippen molar-refractivity contribution in [1.82, 2.24) is 4.72 Å². The van der Waals surface area contributed by atoms with E-state index in [9.17, 15) is 8.42 Å². The van der Waals surface area contributed by atoms with Gasteiger partial charge in [-0.2, -0.15) is 24.9 Å². The van der Waals surface area contributed by atoms with Crippen molar-refractivity contribution in [1.29, 1.82) is 0 Å². The van der Waals surface area contributed by atoms with E-state index in [2.05, 4.69) is 4.72 Å². The van der Waals surface area contributed by atoms with Gasteiger partial charge in [0, 0.05) is 17.5 Å². The third-order valence-corrected chi connectivity index (χ3v) is 2.86. The molecule has 0 bridgehead atoms. The van der Waals surface area contributed by atoms with Gasteiger partial charge in [0.25, 0.3) is 0 Å². The minimum absolute atomic E-state index is 0. The van der Waals surface area contributed by atoms with E-state index in [1.807, 2.05) is 0 Å². The van der Waals surface area contributed by atoms with Crippen LogP contribution in [0.2, 0.25) is 0 Å². The first-order chi connectivity index (χ1) is 4.08. The van der Waals surface area contributed by atoms with Gasteiger partial charge < -0.3 is 1.43 Å². The Bertz CT molecular complexity index is 193. The summed E-state index contributed by atoms with van der Waals surface area (Å²) < 4.78 is 30.4. The Morgan fingerprint density at radius 3 is 2.20 bits per heavy atom. The van der Waals surface area contributed by atoms with Crippen LogP contribution >= 0.6 is 11.8 Å². The maximum absolute atomic E-state index is 10.1. The predicted molar refractivity (Wildman–Crippen MR) is 36.9 cm³/mol. The molecule has 7 heteroatoms. The largest absolute Gasteiger partial charge is 1.00 e. The molecule has 4 nitrogen and oxygen atoms in total. The Kier molecular flexibility index (Phi) is 4.82. The molecule has 1 saturated heterocycles. The van der Waals surface area contributed by atoms with E-state index in [0.717, 1.165) is 11.5 Å². The van der Waals surface area contributed by atoms with E-state index >= 15 is 0 Å². The molecule has 0 amide bonds. The summed E-state index contributed by atoms with van der Waals surface area (Å²) in [6, 6.07) is -0.0509. The van der Waals surface area contributed by atoms with Crippen molar-refractivity contribution in [3.63, 3.8) is 0 Å². The van der Waals surface area contributed by atoms with Crippen molar-refractivity contribution < 1.29 is 44.0 Å². The third-order valence-electron chi connectivity index (χ3n) is 0.954. The number of thioether (sulfide) groups is 1. The van der Waals surface area contributed by atoms with E-state index < -0.39 is 10.3 Å². The van der Waals surface area contributed by atoms with Crippen molar-refractivity contribution in [2.75, 3.05) is 11.5 Å². The average molecular weight is 193 g/mol. The minimum Gasteiger partial charge on any atom is -1.00 e. The van der Waals surface area contributed by atoms with Crippen LogP contribution in [0.5, 0.6) is 0 Å². The molecule has 0 unspecified atom stereocenters. The van der Waals surface area contributed by atoms with E-state index in [0.29, 0.717) is 0 Å². The molecular weight excluding hydrogens is 185 g/mol. The number of nitrogens with one attached hydrogen (secondary N) is 1. The SMILES string of the molecule is O=S(=O)(O)NC1CSC1.[H-].[Na+]. The van der Waals surface area contributed by atoms with Crippen molar-refractivity contribution >= 4 is 22.1 Å². The van der Waals surface area contributed by atoms with Gasteiger partial charge in [0.15, 0.2) is 0 Å². The standard InChI is InChI=1S/C3H7NO3S2.Na.H/c5-9(6,7)4-3-1-8-2-3;;/h3-4H,1-2H2,(H,5,6,7);;/q;+1;-1. The zero-order valence-corrected chi connectivity index (χ0v) is 9.20. The predicted octanol–water partition coefficient (Wildman–Crippen LogP) is -3.39. The van der Waals surface area contributed by atoms with Crippen LogP contribution < -0.4 is 34.3 Å². The molecule has 1 heterocycles. The molecule has 1 rings (SSSR count). The number of rotatable bonds is 2. The molecule has 0 aromatic carbocycles. The fourth-order valence-corrected chi connectivity index (χ4v) is 1.95. The zero-order chi connectivity index (χ0) is 6.91. The maximum atomic E-state index is 10.1. The van der Waals surface area contributed by atoms with E-state index in [4.69, 9.17) is 4.55 Å². The second kappa shape index (κ2) is 4.30. The summed E-state index contributed by atoms with van der Waals surface area (Å²) >= 11 is 1.65. The second-order valence-electron chi connectivity index (χ2n) is 1.83. The molecule has 1 aliphatic rings. The Morgan fingerprint density at radius 1 is 1.60 bits per heavy atom. The first-order valence-corrected chi connectivity index (χ1v) is 5.00. The Labute approximate surface area is 87.8 Å². The van der Waals surface area contributed by atoms with Crippen LogP contribution in [0.15, 0.2) is 0 Å². The van der Waals surface area contributed by atoms with E-state index in [1.54, 1.807) is 11.8 Å². The molecule has 1 aliphatic heterocycles. The molecule has 2 N–H and O–H groups in total. The number of hydrogen-bond acceptors (Lipinski definition) is 3. The molecule has 0 radical (unpaired) electrons. The van der Waals surface area contributed by atoms with Gasteiger partial charge in [0.05, 0.1) is 0 Å². The number of hydrogen-bond donors (Lipinski definition) is 2. The Balaban J connectivity index is 0. The van der Waals surface area contributed by atoms with Crippen LogP contribution in [0.4, 0.5) is 0 Å². The van der Waals surface area contributed by atoms with Gasteiger partial charge in [-0.05, 0) is 0 Å². The molecule has 0 aromatic heterocycles. The third kappa shape index (κ3) is 4.17. The van der Waals surface area contributed by atoms with Gasteiger partial charge in [0.1, 0.15) is 0 Å². The molecule has 0 spiro atoms. The maximum Gasteiger partial charge on any atom is 1.00 e. The summed E-state index contributed by atoms with van der Waals surface area (Å²) in [5.41, 5.74) is 0. The normalized spacial score (nSPS) is 19.3. The van der Waals surface area contributed by atoms with E-state index in [-0.39, 0.29) is 37.0 Å². The van der Waals surface area contributed by atoms with Crippen molar-refractivity contribution in [3.8, 4) is 0 Å². The molecule has 0 aromatic rings.